The van der Waals surface area contributed by atoms with Crippen LogP contribution >= 0.6 is 12.3 Å². The molecule has 6 heavy (non-hydrogen) atoms. The molecular formula is CH5NaO3S. The van der Waals surface area contributed by atoms with E-state index in [1.165, 1.54) is 0 Å². The predicted molar refractivity (Wildman–Crippen MR) is 27.1 cm³/mol. The van der Waals surface area contributed by atoms with Crippen molar-refractivity contribution in [3.63, 3.8) is 0 Å². The number of carbonyl (C=O) groups is 1. The first-order chi connectivity index (χ1) is 2.41. The van der Waals surface area contributed by atoms with Crippen molar-refractivity contribution in [2.75, 3.05) is 0 Å². The number of rotatable bonds is 0. The Hall–Kier alpha value is 0.940. The van der Waals surface area contributed by atoms with Crippen molar-refractivity contribution in [1.29, 1.82) is 0 Å². The Balaban J connectivity index is -0.0000000275. The van der Waals surface area contributed by atoms with Gasteiger partial charge in [-0.2, -0.15) is 0 Å². The normalized spacial score (nSPS) is 3.67. The van der Waals surface area contributed by atoms with E-state index in [1.54, 1.807) is 0 Å². The van der Waals surface area contributed by atoms with Crippen LogP contribution in [-0.4, -0.2) is 45.5 Å². The van der Waals surface area contributed by atoms with Crippen molar-refractivity contribution in [2.24, 2.45) is 0 Å². The van der Waals surface area contributed by atoms with Crippen molar-refractivity contribution >= 4 is 48.7 Å². The van der Waals surface area contributed by atoms with Crippen LogP contribution in [0.2, 0.25) is 0 Å². The molecule has 3 nitrogen and oxygen atoms in total. The molecule has 0 amide bonds. The summed E-state index contributed by atoms with van der Waals surface area (Å²) in [4.78, 5) is 8.00. The molecule has 0 unspecified atom stereocenters. The van der Waals surface area contributed by atoms with Gasteiger partial charge in [-0.15, -0.1) is 0 Å². The average Bonchev–Trinajstić information content (AvgIpc) is 1.46. The maximum absolute atomic E-state index is 8.00. The summed E-state index contributed by atoms with van der Waals surface area (Å²) in [7, 11) is 0. The summed E-state index contributed by atoms with van der Waals surface area (Å²) in [5.41, 5.74) is 0. The summed E-state index contributed by atoms with van der Waals surface area (Å²) < 4.78 is 14.1. The summed E-state index contributed by atoms with van der Waals surface area (Å²) in [5, 5.41) is 0. The summed E-state index contributed by atoms with van der Waals surface area (Å²) in [6.45, 7) is 2.00. The van der Waals surface area contributed by atoms with Crippen LogP contribution in [0.3, 0.4) is 0 Å². The number of hydrogen-bond acceptors (Lipinski definition) is 4. The summed E-state index contributed by atoms with van der Waals surface area (Å²) in [6.07, 6.45) is 0. The van der Waals surface area contributed by atoms with Gasteiger partial charge < -0.3 is 13.9 Å². The monoisotopic (exact) mass is 120 g/mol. The van der Waals surface area contributed by atoms with Crippen LogP contribution < -0.4 is 0 Å². The van der Waals surface area contributed by atoms with Gasteiger partial charge in [-0.1, -0.05) is 0 Å². The Kier molecular flexibility index (Phi) is 101. The quantitative estimate of drug-likeness (QED) is 0.344. The number of hydrogen-bond donors (Lipinski definition) is 2. The zero-order valence-electron chi connectivity index (χ0n) is 2.42. The van der Waals surface area contributed by atoms with Crippen LogP contribution in [-0.2, 0) is 4.79 Å². The SMILES string of the molecule is C=O.OSO.[NaH]. The van der Waals surface area contributed by atoms with Crippen molar-refractivity contribution in [3.8, 4) is 0 Å². The second-order valence-corrected chi connectivity index (χ2v) is 0.245. The fourth-order valence-electron chi connectivity index (χ4n) is 0. The molecule has 0 radical (unpaired) electrons. The third-order valence-electron chi connectivity index (χ3n) is 0. The van der Waals surface area contributed by atoms with E-state index in [-0.39, 0.29) is 41.9 Å². The second kappa shape index (κ2) is 38.5. The van der Waals surface area contributed by atoms with Crippen LogP contribution in [0.15, 0.2) is 0 Å². The van der Waals surface area contributed by atoms with Crippen LogP contribution in [0.4, 0.5) is 0 Å². The minimum absolute atomic E-state index is 0. The van der Waals surface area contributed by atoms with E-state index in [0.29, 0.717) is 0 Å². The molecule has 0 aromatic rings. The molecule has 0 aliphatic rings. The molecule has 0 aliphatic heterocycles. The van der Waals surface area contributed by atoms with Crippen molar-refractivity contribution in [3.05, 3.63) is 0 Å². The van der Waals surface area contributed by atoms with E-state index in [1.807, 2.05) is 6.79 Å². The van der Waals surface area contributed by atoms with E-state index >= 15 is 0 Å². The van der Waals surface area contributed by atoms with Gasteiger partial charge in [-0.05, 0) is 0 Å². The first kappa shape index (κ1) is 15.8. The molecule has 34 valence electrons. The van der Waals surface area contributed by atoms with E-state index in [9.17, 15) is 0 Å². The van der Waals surface area contributed by atoms with E-state index in [2.05, 4.69) is 0 Å². The van der Waals surface area contributed by atoms with Gasteiger partial charge in [-0.25, -0.2) is 0 Å². The molecule has 2 N–H and O–H groups in total. The van der Waals surface area contributed by atoms with Crippen LogP contribution in [0.1, 0.15) is 0 Å². The molecule has 0 saturated heterocycles. The molecule has 0 rings (SSSR count). The molecule has 0 fully saturated rings. The molecule has 0 bridgehead atoms. The molecule has 0 atom stereocenters. The molecular weight excluding hydrogens is 115 g/mol. The van der Waals surface area contributed by atoms with Crippen molar-refractivity contribution < 1.29 is 13.9 Å². The Morgan fingerprint density at radius 3 is 1.33 bits per heavy atom. The van der Waals surface area contributed by atoms with Gasteiger partial charge in [0.15, 0.2) is 12.3 Å². The Labute approximate surface area is 62.4 Å². The molecule has 0 saturated carbocycles. The Morgan fingerprint density at radius 2 is 1.33 bits per heavy atom. The van der Waals surface area contributed by atoms with Gasteiger partial charge >= 0.3 is 29.6 Å². The van der Waals surface area contributed by atoms with Crippen LogP contribution in [0.25, 0.3) is 0 Å². The van der Waals surface area contributed by atoms with Crippen molar-refractivity contribution in [1.82, 2.24) is 0 Å². The van der Waals surface area contributed by atoms with E-state index in [4.69, 9.17) is 13.9 Å². The fraction of sp³-hybridized carbons (Fsp3) is 0. The molecule has 0 heterocycles. The zero-order valence-corrected chi connectivity index (χ0v) is 3.23. The summed E-state index contributed by atoms with van der Waals surface area (Å²) in [6, 6.07) is 0. The number of carbonyl (C=O) groups excluding carboxylic acids is 1. The van der Waals surface area contributed by atoms with E-state index in [0.717, 1.165) is 0 Å². The third kappa shape index (κ3) is 86.8. The molecule has 0 aliphatic carbocycles. The van der Waals surface area contributed by atoms with Crippen molar-refractivity contribution in [2.45, 2.75) is 0 Å². The van der Waals surface area contributed by atoms with Gasteiger partial charge in [0.05, 0.1) is 0 Å². The van der Waals surface area contributed by atoms with Crippen LogP contribution in [0.5, 0.6) is 0 Å². The molecule has 0 aromatic heterocycles. The minimum atomic E-state index is -0.250. The standard InChI is InChI=1S/CH2O.Na.H2O2S.H/c1-2;;1-3-2;/h1H2;;1-2H;. The van der Waals surface area contributed by atoms with Gasteiger partial charge in [0.2, 0.25) is 0 Å². The topological polar surface area (TPSA) is 57.5 Å². The molecule has 0 aromatic carbocycles. The van der Waals surface area contributed by atoms with Crippen LogP contribution in [0, 0.1) is 0 Å². The first-order valence-corrected chi connectivity index (χ1v) is 1.38. The summed E-state index contributed by atoms with van der Waals surface area (Å²) >= 11 is -0.250. The third-order valence-corrected chi connectivity index (χ3v) is 0. The average molecular weight is 120 g/mol. The van der Waals surface area contributed by atoms with Gasteiger partial charge in [-0.3, -0.25) is 0 Å². The second-order valence-electron chi connectivity index (χ2n) is 0.0816. The van der Waals surface area contributed by atoms with E-state index < -0.39 is 0 Å². The molecule has 5 heteroatoms. The predicted octanol–water partition coefficient (Wildman–Crippen LogP) is -0.168. The summed E-state index contributed by atoms with van der Waals surface area (Å²) in [5.74, 6) is 0. The zero-order chi connectivity index (χ0) is 4.71. The Bertz CT molecular complexity index is 14.8. The van der Waals surface area contributed by atoms with Gasteiger partial charge in [0.25, 0.3) is 0 Å². The fourth-order valence-corrected chi connectivity index (χ4v) is 0. The maximum atomic E-state index is 8.00. The molecule has 0 spiro atoms. The van der Waals surface area contributed by atoms with Gasteiger partial charge in [0.1, 0.15) is 6.79 Å². The Morgan fingerprint density at radius 1 is 1.33 bits per heavy atom. The first-order valence-electron chi connectivity index (χ1n) is 0.654. The van der Waals surface area contributed by atoms with Gasteiger partial charge in [0, 0.05) is 0 Å².